The molecule has 6 aromatic carbocycles. The maximum Gasteiger partial charge on any atom is 0.334 e. The molecule has 0 radical (unpaired) electrons. The first-order valence-electron chi connectivity index (χ1n) is 21.7. The van der Waals surface area contributed by atoms with Gasteiger partial charge in [-0.3, -0.25) is 0 Å². The van der Waals surface area contributed by atoms with Crippen molar-refractivity contribution >= 4 is 5.97 Å². The quantitative estimate of drug-likeness (QED) is 0.0792. The van der Waals surface area contributed by atoms with Crippen molar-refractivity contribution in [3.8, 4) is 5.75 Å². The van der Waals surface area contributed by atoms with Gasteiger partial charge in [0.15, 0.2) is 0 Å². The van der Waals surface area contributed by atoms with Crippen LogP contribution in [0, 0.1) is 5.41 Å². The van der Waals surface area contributed by atoms with Crippen molar-refractivity contribution in [1.29, 1.82) is 0 Å². The lowest BCUT2D eigenvalue weighted by molar-refractivity contribution is -0.163. The molecule has 0 amide bonds. The molecule has 6 heteroatoms. The van der Waals surface area contributed by atoms with Crippen LogP contribution in [0.4, 0.5) is 0 Å². The Kier molecular flexibility index (Phi) is 13.7. The minimum absolute atomic E-state index is 0.371. The standard InChI is InChI=1S/C56H64O6/c1-39(59)51(60)61-38-56(36-57,37-58)50(46-32-30-44(52(2,3)40-22-14-10-15-23-40)34-47(46)54(6,7)42-26-18-12-19-27-42)62-49-33-31-45(53(4,5)41-24-16-11-17-25-41)35-48(49)55(8,9)43-28-20-13-21-29-43/h10-35,39,50,57-59H,36-38H2,1-9H3. The number of carbonyl (C=O) groups is 1. The van der Waals surface area contributed by atoms with E-state index in [1.165, 1.54) is 12.5 Å². The molecule has 0 saturated heterocycles. The lowest BCUT2D eigenvalue weighted by Gasteiger charge is -2.42. The summed E-state index contributed by atoms with van der Waals surface area (Å²) in [6, 6.07) is 54.1. The largest absolute Gasteiger partial charge is 0.484 e. The molecular weight excluding hydrogens is 769 g/mol. The fourth-order valence-electron chi connectivity index (χ4n) is 8.65. The molecule has 0 saturated carbocycles. The first-order chi connectivity index (χ1) is 29.4. The van der Waals surface area contributed by atoms with E-state index < -0.39 is 59.7 Å². The van der Waals surface area contributed by atoms with E-state index in [0.717, 1.165) is 44.5 Å². The summed E-state index contributed by atoms with van der Waals surface area (Å²) in [5.74, 6) is -0.306. The van der Waals surface area contributed by atoms with Gasteiger partial charge in [0, 0.05) is 27.2 Å². The molecule has 62 heavy (non-hydrogen) atoms. The van der Waals surface area contributed by atoms with Crippen molar-refractivity contribution in [3.05, 3.63) is 208 Å². The Morgan fingerprint density at radius 2 is 0.871 bits per heavy atom. The Morgan fingerprint density at radius 3 is 1.27 bits per heavy atom. The van der Waals surface area contributed by atoms with E-state index >= 15 is 0 Å². The van der Waals surface area contributed by atoms with Crippen LogP contribution < -0.4 is 4.74 Å². The van der Waals surface area contributed by atoms with E-state index in [0.29, 0.717) is 5.75 Å². The smallest absolute Gasteiger partial charge is 0.334 e. The second-order valence-electron chi connectivity index (χ2n) is 18.9. The van der Waals surface area contributed by atoms with Crippen LogP contribution in [0.5, 0.6) is 5.75 Å². The summed E-state index contributed by atoms with van der Waals surface area (Å²) in [4.78, 5) is 13.0. The van der Waals surface area contributed by atoms with E-state index in [1.54, 1.807) is 0 Å². The minimum Gasteiger partial charge on any atom is -0.484 e. The van der Waals surface area contributed by atoms with Crippen LogP contribution in [0.2, 0.25) is 0 Å². The molecule has 6 rings (SSSR count). The van der Waals surface area contributed by atoms with Crippen LogP contribution in [0.15, 0.2) is 158 Å². The molecule has 0 heterocycles. The number of hydrogen-bond donors (Lipinski definition) is 3. The maximum atomic E-state index is 13.0. The van der Waals surface area contributed by atoms with Crippen LogP contribution in [0.3, 0.4) is 0 Å². The zero-order valence-corrected chi connectivity index (χ0v) is 37.9. The predicted molar refractivity (Wildman–Crippen MR) is 250 cm³/mol. The highest BCUT2D eigenvalue weighted by Crippen LogP contribution is 2.49. The van der Waals surface area contributed by atoms with Crippen LogP contribution >= 0.6 is 0 Å². The fourth-order valence-corrected chi connectivity index (χ4v) is 8.65. The highest BCUT2D eigenvalue weighted by molar-refractivity contribution is 5.73. The zero-order chi connectivity index (χ0) is 44.9. The summed E-state index contributed by atoms with van der Waals surface area (Å²) in [6.45, 7) is 17.3. The molecule has 0 fully saturated rings. The van der Waals surface area contributed by atoms with Gasteiger partial charge in [0.2, 0.25) is 0 Å². The average Bonchev–Trinajstić information content (AvgIpc) is 3.29. The van der Waals surface area contributed by atoms with Gasteiger partial charge >= 0.3 is 5.97 Å². The van der Waals surface area contributed by atoms with Gasteiger partial charge in [-0.1, -0.05) is 207 Å². The van der Waals surface area contributed by atoms with Gasteiger partial charge in [0.05, 0.1) is 18.6 Å². The zero-order valence-electron chi connectivity index (χ0n) is 37.9. The number of aliphatic hydroxyl groups is 3. The second-order valence-corrected chi connectivity index (χ2v) is 18.9. The summed E-state index contributed by atoms with van der Waals surface area (Å²) in [5, 5.41) is 33.4. The second kappa shape index (κ2) is 18.4. The molecule has 2 unspecified atom stereocenters. The van der Waals surface area contributed by atoms with Gasteiger partial charge in [0.1, 0.15) is 24.6 Å². The van der Waals surface area contributed by atoms with Crippen LogP contribution in [-0.2, 0) is 31.2 Å². The molecular formula is C56H64O6. The van der Waals surface area contributed by atoms with E-state index in [9.17, 15) is 20.1 Å². The average molecular weight is 833 g/mol. The van der Waals surface area contributed by atoms with Crippen molar-refractivity contribution in [2.24, 2.45) is 5.41 Å². The highest BCUT2D eigenvalue weighted by atomic mass is 16.6. The number of rotatable bonds is 17. The Bertz CT molecular complexity index is 2400. The fraction of sp³-hybridized carbons (Fsp3) is 0.339. The van der Waals surface area contributed by atoms with E-state index in [-0.39, 0.29) is 5.41 Å². The molecule has 0 spiro atoms. The molecule has 6 nitrogen and oxygen atoms in total. The first kappa shape index (κ1) is 46.0. The van der Waals surface area contributed by atoms with Crippen molar-refractivity contribution in [3.63, 3.8) is 0 Å². The monoisotopic (exact) mass is 832 g/mol. The molecule has 324 valence electrons. The summed E-state index contributed by atoms with van der Waals surface area (Å²) >= 11 is 0. The number of esters is 1. The third kappa shape index (κ3) is 9.15. The minimum atomic E-state index is -1.57. The lowest BCUT2D eigenvalue weighted by atomic mass is 9.68. The molecule has 3 N–H and O–H groups in total. The topological polar surface area (TPSA) is 96.2 Å². The van der Waals surface area contributed by atoms with Crippen molar-refractivity contribution in [2.75, 3.05) is 19.8 Å². The Balaban J connectivity index is 1.65. The highest BCUT2D eigenvalue weighted by Gasteiger charge is 2.46. The normalized spacial score (nSPS) is 13.6. The van der Waals surface area contributed by atoms with Gasteiger partial charge in [-0.15, -0.1) is 0 Å². The predicted octanol–water partition coefficient (Wildman–Crippen LogP) is 11.0. The van der Waals surface area contributed by atoms with Crippen LogP contribution in [0.25, 0.3) is 0 Å². The molecule has 0 aliphatic heterocycles. The van der Waals surface area contributed by atoms with Crippen molar-refractivity contribution in [2.45, 2.75) is 96.2 Å². The summed E-state index contributed by atoms with van der Waals surface area (Å²) in [5.41, 5.74) is 5.63. The number of benzene rings is 6. The SMILES string of the molecule is CC(O)C(=O)OCC(CO)(CO)C(Oc1ccc(C(C)(C)c2ccccc2)cc1C(C)(C)c1ccccc1)c1ccc(C(C)(C)c2ccccc2)cc1C(C)(C)c1ccccc1. The Labute approximate surface area is 369 Å². The van der Waals surface area contributed by atoms with Crippen LogP contribution in [-0.4, -0.2) is 47.2 Å². The number of carbonyl (C=O) groups excluding carboxylic acids is 1. The summed E-state index contributed by atoms with van der Waals surface area (Å²) in [7, 11) is 0. The van der Waals surface area contributed by atoms with Gasteiger partial charge in [-0.25, -0.2) is 4.79 Å². The van der Waals surface area contributed by atoms with Gasteiger partial charge in [-0.05, 0) is 57.5 Å². The van der Waals surface area contributed by atoms with Gasteiger partial charge < -0.3 is 24.8 Å². The third-order valence-electron chi connectivity index (χ3n) is 13.4. The molecule has 6 aromatic rings. The van der Waals surface area contributed by atoms with E-state index in [2.05, 4.69) is 159 Å². The Morgan fingerprint density at radius 1 is 0.500 bits per heavy atom. The van der Waals surface area contributed by atoms with Gasteiger partial charge in [0.25, 0.3) is 0 Å². The van der Waals surface area contributed by atoms with E-state index in [4.69, 9.17) is 9.47 Å². The summed E-state index contributed by atoms with van der Waals surface area (Å²) < 4.78 is 13.2. The first-order valence-corrected chi connectivity index (χ1v) is 21.7. The molecule has 0 bridgehead atoms. The van der Waals surface area contributed by atoms with Gasteiger partial charge in [-0.2, -0.15) is 0 Å². The summed E-state index contributed by atoms with van der Waals surface area (Å²) in [6.07, 6.45) is -2.47. The van der Waals surface area contributed by atoms with Crippen molar-refractivity contribution < 1.29 is 29.6 Å². The number of ether oxygens (including phenoxy) is 2. The van der Waals surface area contributed by atoms with E-state index in [1.807, 2.05) is 54.6 Å². The molecule has 0 aromatic heterocycles. The lowest BCUT2D eigenvalue weighted by Crippen LogP contribution is -2.45. The van der Waals surface area contributed by atoms with Crippen LogP contribution in [0.1, 0.15) is 118 Å². The Hall–Kier alpha value is -5.53. The molecule has 2 atom stereocenters. The molecule has 0 aliphatic carbocycles. The maximum absolute atomic E-state index is 13.0. The molecule has 0 aliphatic rings. The van der Waals surface area contributed by atoms with Crippen molar-refractivity contribution in [1.82, 2.24) is 0 Å². The third-order valence-corrected chi connectivity index (χ3v) is 13.4. The number of hydrogen-bond acceptors (Lipinski definition) is 6. The number of aliphatic hydroxyl groups excluding tert-OH is 3.